The molecule has 3 rings (SSSR count). The molecule has 128 valence electrons. The molecule has 1 aromatic heterocycles. The van der Waals surface area contributed by atoms with E-state index >= 15 is 0 Å². The van der Waals surface area contributed by atoms with E-state index in [9.17, 15) is 4.79 Å². The Bertz CT molecular complexity index is 512. The zero-order valence-corrected chi connectivity index (χ0v) is 14.0. The number of nitrogens with zero attached hydrogens (tertiary/aromatic N) is 4. The Labute approximate surface area is 137 Å². The lowest BCUT2D eigenvalue weighted by Gasteiger charge is -2.28. The molecule has 0 saturated carbocycles. The molecule has 2 saturated heterocycles. The van der Waals surface area contributed by atoms with Crippen molar-refractivity contribution in [2.75, 3.05) is 39.4 Å². The Kier molecular flexibility index (Phi) is 5.61. The lowest BCUT2D eigenvalue weighted by molar-refractivity contribution is -0.138. The number of amides is 1. The highest BCUT2D eigenvalue weighted by Gasteiger charge is 2.27. The molecule has 0 aliphatic carbocycles. The smallest absolute Gasteiger partial charge is 0.225 e. The molecule has 1 N–H and O–H groups in total. The maximum Gasteiger partial charge on any atom is 0.225 e. The minimum atomic E-state index is 0.164. The summed E-state index contributed by atoms with van der Waals surface area (Å²) in [7, 11) is 0. The third kappa shape index (κ3) is 4.29. The molecule has 7 nitrogen and oxygen atoms in total. The van der Waals surface area contributed by atoms with Crippen LogP contribution in [0.4, 0.5) is 0 Å². The van der Waals surface area contributed by atoms with Gasteiger partial charge in [-0.25, -0.2) is 4.98 Å². The molecular weight excluding hydrogens is 294 g/mol. The number of carbonyl (C=O) groups excluding carboxylic acids is 1. The summed E-state index contributed by atoms with van der Waals surface area (Å²) in [4.78, 5) is 21.5. The molecule has 2 aliphatic rings. The Morgan fingerprint density at radius 2 is 2.09 bits per heavy atom. The van der Waals surface area contributed by atoms with E-state index < -0.39 is 0 Å². The molecule has 0 atom stereocenters. The maximum absolute atomic E-state index is 12.6. The summed E-state index contributed by atoms with van der Waals surface area (Å²) in [6.07, 6.45) is 3.61. The molecule has 2 fully saturated rings. The number of nitrogens with one attached hydrogen (secondary N) is 1. The number of aromatic amines is 1. The van der Waals surface area contributed by atoms with E-state index in [4.69, 9.17) is 4.74 Å². The van der Waals surface area contributed by atoms with Gasteiger partial charge in [0.05, 0.1) is 6.54 Å². The van der Waals surface area contributed by atoms with Gasteiger partial charge in [-0.05, 0) is 19.3 Å². The zero-order chi connectivity index (χ0) is 16.1. The van der Waals surface area contributed by atoms with Crippen LogP contribution in [0.5, 0.6) is 0 Å². The number of aromatic nitrogens is 3. The summed E-state index contributed by atoms with van der Waals surface area (Å²) in [5, 5.41) is 7.20. The lowest BCUT2D eigenvalue weighted by Crippen LogP contribution is -2.40. The first-order chi connectivity index (χ1) is 11.3. The Hall–Kier alpha value is -1.47. The number of hydrogen-bond acceptors (Lipinski definition) is 5. The molecule has 0 radical (unpaired) electrons. The summed E-state index contributed by atoms with van der Waals surface area (Å²) in [6.45, 7) is 7.86. The van der Waals surface area contributed by atoms with E-state index in [1.54, 1.807) is 0 Å². The second kappa shape index (κ2) is 7.88. The van der Waals surface area contributed by atoms with E-state index in [1.165, 1.54) is 0 Å². The second-order valence-electron chi connectivity index (χ2n) is 6.39. The van der Waals surface area contributed by atoms with Crippen molar-refractivity contribution in [2.24, 2.45) is 5.92 Å². The molecule has 2 aliphatic heterocycles. The van der Waals surface area contributed by atoms with Crippen LogP contribution >= 0.6 is 0 Å². The van der Waals surface area contributed by atoms with Crippen molar-refractivity contribution in [3.8, 4) is 0 Å². The highest BCUT2D eigenvalue weighted by atomic mass is 16.5. The highest BCUT2D eigenvalue weighted by Crippen LogP contribution is 2.19. The second-order valence-corrected chi connectivity index (χ2v) is 6.39. The average molecular weight is 321 g/mol. The predicted octanol–water partition coefficient (Wildman–Crippen LogP) is 0.828. The quantitative estimate of drug-likeness (QED) is 0.889. The van der Waals surface area contributed by atoms with Crippen LogP contribution in [0.25, 0.3) is 0 Å². The minimum Gasteiger partial charge on any atom is -0.381 e. The van der Waals surface area contributed by atoms with Gasteiger partial charge in [0, 0.05) is 51.7 Å². The number of hydrogen-bond donors (Lipinski definition) is 1. The molecule has 0 aromatic carbocycles. The molecular formula is C16H27N5O2. The summed E-state index contributed by atoms with van der Waals surface area (Å²) in [5.74, 6) is 2.27. The molecule has 0 bridgehead atoms. The molecule has 0 spiro atoms. The van der Waals surface area contributed by atoms with Gasteiger partial charge in [-0.3, -0.25) is 14.8 Å². The summed E-state index contributed by atoms with van der Waals surface area (Å²) < 4.78 is 5.36. The normalized spacial score (nSPS) is 21.3. The highest BCUT2D eigenvalue weighted by molar-refractivity contribution is 5.79. The molecule has 3 heterocycles. The third-order valence-corrected chi connectivity index (χ3v) is 4.74. The monoisotopic (exact) mass is 321 g/mol. The first-order valence-corrected chi connectivity index (χ1v) is 8.75. The van der Waals surface area contributed by atoms with Crippen molar-refractivity contribution >= 4 is 5.91 Å². The van der Waals surface area contributed by atoms with Crippen LogP contribution in [0.3, 0.4) is 0 Å². The number of rotatable bonds is 4. The van der Waals surface area contributed by atoms with Gasteiger partial charge in [-0.1, -0.05) is 6.92 Å². The van der Waals surface area contributed by atoms with E-state index in [2.05, 4.69) is 27.0 Å². The van der Waals surface area contributed by atoms with Gasteiger partial charge < -0.3 is 9.64 Å². The zero-order valence-electron chi connectivity index (χ0n) is 14.0. The van der Waals surface area contributed by atoms with Crippen molar-refractivity contribution in [3.05, 3.63) is 11.6 Å². The largest absolute Gasteiger partial charge is 0.381 e. The van der Waals surface area contributed by atoms with E-state index in [1.807, 2.05) is 4.90 Å². The maximum atomic E-state index is 12.6. The van der Waals surface area contributed by atoms with Gasteiger partial charge in [0.25, 0.3) is 0 Å². The standard InChI is InChI=1S/C16H27N5O2/c1-2-14-17-15(19-18-14)12-20-6-3-7-21(9-8-20)16(22)13-4-10-23-11-5-13/h13H,2-12H2,1H3,(H,17,18,19). The van der Waals surface area contributed by atoms with Crippen molar-refractivity contribution in [1.29, 1.82) is 0 Å². The third-order valence-electron chi connectivity index (χ3n) is 4.74. The number of ether oxygens (including phenoxy) is 1. The molecule has 1 aromatic rings. The fraction of sp³-hybridized carbons (Fsp3) is 0.812. The van der Waals surface area contributed by atoms with Crippen LogP contribution in [-0.4, -0.2) is 70.3 Å². The number of carbonyl (C=O) groups is 1. The fourth-order valence-electron chi connectivity index (χ4n) is 3.33. The Morgan fingerprint density at radius 1 is 1.26 bits per heavy atom. The van der Waals surface area contributed by atoms with Gasteiger partial charge in [-0.2, -0.15) is 5.10 Å². The summed E-state index contributed by atoms with van der Waals surface area (Å²) in [6, 6.07) is 0. The van der Waals surface area contributed by atoms with Crippen LogP contribution in [0, 0.1) is 5.92 Å². The first kappa shape index (κ1) is 16.4. The fourth-order valence-corrected chi connectivity index (χ4v) is 3.33. The van der Waals surface area contributed by atoms with E-state index in [0.29, 0.717) is 5.91 Å². The SMILES string of the molecule is CCc1n[nH]c(CN2CCCN(C(=O)C3CCOCC3)CC2)n1. The van der Waals surface area contributed by atoms with E-state index in [-0.39, 0.29) is 5.92 Å². The van der Waals surface area contributed by atoms with E-state index in [0.717, 1.165) is 83.3 Å². The topological polar surface area (TPSA) is 74.4 Å². The van der Waals surface area contributed by atoms with Gasteiger partial charge in [0.2, 0.25) is 5.91 Å². The van der Waals surface area contributed by atoms with Crippen LogP contribution in [0.15, 0.2) is 0 Å². The lowest BCUT2D eigenvalue weighted by atomic mass is 9.98. The van der Waals surface area contributed by atoms with Gasteiger partial charge in [-0.15, -0.1) is 0 Å². The number of H-pyrrole nitrogens is 1. The Balaban J connectivity index is 1.51. The molecule has 23 heavy (non-hydrogen) atoms. The van der Waals surface area contributed by atoms with Gasteiger partial charge in [0.15, 0.2) is 0 Å². The number of aryl methyl sites for hydroxylation is 1. The van der Waals surface area contributed by atoms with Crippen LogP contribution in [-0.2, 0) is 22.5 Å². The van der Waals surface area contributed by atoms with Crippen LogP contribution < -0.4 is 0 Å². The predicted molar refractivity (Wildman–Crippen MR) is 85.8 cm³/mol. The average Bonchev–Trinajstić information content (AvgIpc) is 2.92. The van der Waals surface area contributed by atoms with Gasteiger partial charge in [0.1, 0.15) is 11.6 Å². The van der Waals surface area contributed by atoms with Crippen molar-refractivity contribution in [1.82, 2.24) is 25.0 Å². The summed E-state index contributed by atoms with van der Waals surface area (Å²) in [5.41, 5.74) is 0. The summed E-state index contributed by atoms with van der Waals surface area (Å²) >= 11 is 0. The van der Waals surface area contributed by atoms with Crippen molar-refractivity contribution in [3.63, 3.8) is 0 Å². The minimum absolute atomic E-state index is 0.164. The molecule has 1 amide bonds. The van der Waals surface area contributed by atoms with Crippen molar-refractivity contribution in [2.45, 2.75) is 39.2 Å². The molecule has 7 heteroatoms. The van der Waals surface area contributed by atoms with Crippen LogP contribution in [0.2, 0.25) is 0 Å². The van der Waals surface area contributed by atoms with Gasteiger partial charge >= 0.3 is 0 Å². The Morgan fingerprint density at radius 3 is 2.83 bits per heavy atom. The van der Waals surface area contributed by atoms with Crippen molar-refractivity contribution < 1.29 is 9.53 Å². The first-order valence-electron chi connectivity index (χ1n) is 8.75. The van der Waals surface area contributed by atoms with Crippen LogP contribution in [0.1, 0.15) is 37.8 Å². The molecule has 0 unspecified atom stereocenters.